The van der Waals surface area contributed by atoms with Crippen LogP contribution in [-0.2, 0) is 5.41 Å². The van der Waals surface area contributed by atoms with E-state index in [1.54, 1.807) is 6.07 Å². The monoisotopic (exact) mass is 252 g/mol. The van der Waals surface area contributed by atoms with Gasteiger partial charge >= 0.3 is 0 Å². The Morgan fingerprint density at radius 2 is 1.72 bits per heavy atom. The van der Waals surface area contributed by atoms with Crippen molar-refractivity contribution in [3.05, 3.63) is 35.4 Å². The van der Waals surface area contributed by atoms with Crippen molar-refractivity contribution in [1.29, 1.82) is 0 Å². The summed E-state index contributed by atoms with van der Waals surface area (Å²) in [4.78, 5) is 0. The number of rotatable bonds is 2. The van der Waals surface area contributed by atoms with Gasteiger partial charge in [0.2, 0.25) is 0 Å². The number of halogens is 2. The van der Waals surface area contributed by atoms with Gasteiger partial charge in [0.05, 0.1) is 0 Å². The molecule has 1 saturated carbocycles. The quantitative estimate of drug-likeness (QED) is 0.689. The minimum absolute atomic E-state index is 0.0138. The fourth-order valence-corrected chi connectivity index (χ4v) is 3.10. The average Bonchev–Trinajstić information content (AvgIpc) is 2.33. The zero-order valence-corrected chi connectivity index (χ0v) is 11.5. The lowest BCUT2D eigenvalue weighted by Crippen LogP contribution is -2.30. The van der Waals surface area contributed by atoms with Gasteiger partial charge in [0.15, 0.2) is 11.6 Å². The molecule has 0 aliphatic heterocycles. The van der Waals surface area contributed by atoms with Crippen molar-refractivity contribution in [1.82, 2.24) is 0 Å². The van der Waals surface area contributed by atoms with E-state index in [0.717, 1.165) is 30.2 Å². The van der Waals surface area contributed by atoms with Gasteiger partial charge in [0.25, 0.3) is 0 Å². The molecule has 1 aromatic carbocycles. The van der Waals surface area contributed by atoms with Crippen LogP contribution in [0.5, 0.6) is 0 Å². The minimum atomic E-state index is -0.752. The SMILES string of the molecule is CC(C)[C@H]1CC[C@](C)(c2ccc(F)c(F)c2)CC1. The molecule has 0 unspecified atom stereocenters. The first-order valence-corrected chi connectivity index (χ1v) is 6.88. The Labute approximate surface area is 108 Å². The highest BCUT2D eigenvalue weighted by atomic mass is 19.2. The van der Waals surface area contributed by atoms with Gasteiger partial charge in [-0.3, -0.25) is 0 Å². The van der Waals surface area contributed by atoms with E-state index in [4.69, 9.17) is 0 Å². The van der Waals surface area contributed by atoms with Crippen molar-refractivity contribution in [3.63, 3.8) is 0 Å². The first kappa shape index (κ1) is 13.5. The predicted molar refractivity (Wildman–Crippen MR) is 70.5 cm³/mol. The molecular weight excluding hydrogens is 230 g/mol. The molecule has 1 fully saturated rings. The molecule has 0 saturated heterocycles. The van der Waals surface area contributed by atoms with Crippen molar-refractivity contribution < 1.29 is 8.78 Å². The van der Waals surface area contributed by atoms with E-state index in [2.05, 4.69) is 20.8 Å². The largest absolute Gasteiger partial charge is 0.204 e. The fraction of sp³-hybridized carbons (Fsp3) is 0.625. The molecule has 18 heavy (non-hydrogen) atoms. The molecule has 0 heterocycles. The van der Waals surface area contributed by atoms with E-state index in [9.17, 15) is 8.78 Å². The Morgan fingerprint density at radius 3 is 2.22 bits per heavy atom. The van der Waals surface area contributed by atoms with Crippen molar-refractivity contribution in [3.8, 4) is 0 Å². The van der Waals surface area contributed by atoms with Gasteiger partial charge < -0.3 is 0 Å². The summed E-state index contributed by atoms with van der Waals surface area (Å²) in [6.45, 7) is 6.71. The van der Waals surface area contributed by atoms with Gasteiger partial charge in [-0.05, 0) is 60.6 Å². The summed E-state index contributed by atoms with van der Waals surface area (Å²) in [5.41, 5.74) is 0.962. The van der Waals surface area contributed by atoms with Crippen LogP contribution in [0.2, 0.25) is 0 Å². The third-order valence-corrected chi connectivity index (χ3v) is 4.69. The van der Waals surface area contributed by atoms with E-state index in [-0.39, 0.29) is 5.41 Å². The molecule has 0 N–H and O–H groups in total. The molecule has 1 aromatic rings. The second kappa shape index (κ2) is 4.99. The summed E-state index contributed by atoms with van der Waals surface area (Å²) in [6, 6.07) is 4.38. The van der Waals surface area contributed by atoms with Crippen LogP contribution in [0, 0.1) is 23.5 Å². The van der Waals surface area contributed by atoms with Gasteiger partial charge in [-0.2, -0.15) is 0 Å². The maximum atomic E-state index is 13.3. The van der Waals surface area contributed by atoms with Crippen LogP contribution in [0.1, 0.15) is 52.0 Å². The Kier molecular flexibility index (Phi) is 3.74. The highest BCUT2D eigenvalue weighted by molar-refractivity contribution is 5.26. The van der Waals surface area contributed by atoms with Gasteiger partial charge in [-0.15, -0.1) is 0 Å². The van der Waals surface area contributed by atoms with Crippen LogP contribution in [0.4, 0.5) is 8.78 Å². The molecule has 1 aliphatic rings. The molecule has 2 rings (SSSR count). The topological polar surface area (TPSA) is 0 Å². The van der Waals surface area contributed by atoms with E-state index >= 15 is 0 Å². The average molecular weight is 252 g/mol. The van der Waals surface area contributed by atoms with E-state index in [1.165, 1.54) is 25.0 Å². The summed E-state index contributed by atoms with van der Waals surface area (Å²) in [5.74, 6) is 0.0285. The van der Waals surface area contributed by atoms with Crippen LogP contribution in [-0.4, -0.2) is 0 Å². The summed E-state index contributed by atoms with van der Waals surface area (Å²) >= 11 is 0. The summed E-state index contributed by atoms with van der Waals surface area (Å²) in [5, 5.41) is 0. The molecule has 2 heteroatoms. The molecule has 0 bridgehead atoms. The molecule has 0 nitrogen and oxygen atoms in total. The van der Waals surface area contributed by atoms with Gasteiger partial charge in [-0.25, -0.2) is 8.78 Å². The third-order valence-electron chi connectivity index (χ3n) is 4.69. The zero-order valence-electron chi connectivity index (χ0n) is 11.5. The number of hydrogen-bond donors (Lipinski definition) is 0. The molecule has 100 valence electrons. The van der Waals surface area contributed by atoms with Gasteiger partial charge in [0, 0.05) is 0 Å². The highest BCUT2D eigenvalue weighted by Crippen LogP contribution is 2.43. The molecule has 0 aromatic heterocycles. The van der Waals surface area contributed by atoms with Crippen molar-refractivity contribution >= 4 is 0 Å². The van der Waals surface area contributed by atoms with Crippen LogP contribution in [0.15, 0.2) is 18.2 Å². The molecule has 0 atom stereocenters. The molecule has 1 aliphatic carbocycles. The standard InChI is InChI=1S/C16H22F2/c1-11(2)12-6-8-16(3,9-7-12)13-4-5-14(17)15(18)10-13/h4-5,10-12H,6-9H2,1-3H3/t12-,16-. The van der Waals surface area contributed by atoms with E-state index in [1.807, 2.05) is 0 Å². The number of hydrogen-bond acceptors (Lipinski definition) is 0. The Hall–Kier alpha value is -0.920. The lowest BCUT2D eigenvalue weighted by Gasteiger charge is -2.39. The Balaban J connectivity index is 2.15. The Morgan fingerprint density at radius 1 is 1.11 bits per heavy atom. The first-order chi connectivity index (χ1) is 8.42. The van der Waals surface area contributed by atoms with Crippen molar-refractivity contribution in [2.75, 3.05) is 0 Å². The molecule has 0 spiro atoms. The molecule has 0 radical (unpaired) electrons. The second-order valence-electron chi connectivity index (χ2n) is 6.27. The van der Waals surface area contributed by atoms with E-state index < -0.39 is 11.6 Å². The molecule has 0 amide bonds. The summed E-state index contributed by atoms with van der Waals surface area (Å²) in [7, 11) is 0. The van der Waals surface area contributed by atoms with Gasteiger partial charge in [0.1, 0.15) is 0 Å². The zero-order chi connectivity index (χ0) is 13.3. The lowest BCUT2D eigenvalue weighted by molar-refractivity contribution is 0.204. The van der Waals surface area contributed by atoms with Crippen molar-refractivity contribution in [2.45, 2.75) is 51.9 Å². The van der Waals surface area contributed by atoms with Crippen LogP contribution < -0.4 is 0 Å². The second-order valence-corrected chi connectivity index (χ2v) is 6.27. The summed E-state index contributed by atoms with van der Waals surface area (Å²) < 4.78 is 26.3. The third kappa shape index (κ3) is 2.57. The lowest BCUT2D eigenvalue weighted by atomic mass is 9.66. The maximum Gasteiger partial charge on any atom is 0.159 e. The fourth-order valence-electron chi connectivity index (χ4n) is 3.10. The molecular formula is C16H22F2. The van der Waals surface area contributed by atoms with Crippen LogP contribution >= 0.6 is 0 Å². The number of benzene rings is 1. The van der Waals surface area contributed by atoms with Crippen LogP contribution in [0.3, 0.4) is 0 Å². The highest BCUT2D eigenvalue weighted by Gasteiger charge is 2.33. The minimum Gasteiger partial charge on any atom is -0.204 e. The Bertz CT molecular complexity index is 415. The maximum absolute atomic E-state index is 13.3. The summed E-state index contributed by atoms with van der Waals surface area (Å²) in [6.07, 6.45) is 4.52. The van der Waals surface area contributed by atoms with E-state index in [0.29, 0.717) is 0 Å². The predicted octanol–water partition coefficient (Wildman–Crippen LogP) is 5.07. The normalized spacial score (nSPS) is 28.7. The van der Waals surface area contributed by atoms with Crippen LogP contribution in [0.25, 0.3) is 0 Å². The first-order valence-electron chi connectivity index (χ1n) is 6.88. The van der Waals surface area contributed by atoms with Crippen molar-refractivity contribution in [2.24, 2.45) is 11.8 Å². The smallest absolute Gasteiger partial charge is 0.159 e. The van der Waals surface area contributed by atoms with Gasteiger partial charge in [-0.1, -0.05) is 26.8 Å².